The number of aryl methyl sites for hydroxylation is 1. The largest absolute Gasteiger partial charge is 0.388 e. The summed E-state index contributed by atoms with van der Waals surface area (Å²) in [4.78, 5) is 10.5. The van der Waals surface area contributed by atoms with Crippen LogP contribution in [0, 0.1) is 24.0 Å². The predicted octanol–water partition coefficient (Wildman–Crippen LogP) is 3.15. The van der Waals surface area contributed by atoms with Crippen molar-refractivity contribution in [2.75, 3.05) is 12.4 Å². The smallest absolute Gasteiger partial charge is 0.269 e. The second kappa shape index (κ2) is 5.50. The van der Waals surface area contributed by atoms with Gasteiger partial charge in [-0.3, -0.25) is 14.8 Å². The van der Waals surface area contributed by atoms with Crippen LogP contribution in [0.4, 0.5) is 11.4 Å². The number of nitro benzene ring substituents is 1. The second-order valence-electron chi connectivity index (χ2n) is 4.49. The zero-order chi connectivity index (χ0) is 14.9. The van der Waals surface area contributed by atoms with E-state index in [0.717, 1.165) is 22.6 Å². The molecule has 1 heterocycles. The first-order chi connectivity index (χ1) is 9.43. The number of halogens is 1. The van der Waals surface area contributed by atoms with Crippen molar-refractivity contribution in [3.8, 4) is 0 Å². The summed E-state index contributed by atoms with van der Waals surface area (Å²) in [6.45, 7) is 4.13. The van der Waals surface area contributed by atoms with Crippen LogP contribution in [-0.4, -0.2) is 21.8 Å². The lowest BCUT2D eigenvalue weighted by Gasteiger charge is -2.10. The van der Waals surface area contributed by atoms with Crippen molar-refractivity contribution in [2.45, 2.75) is 20.4 Å². The summed E-state index contributed by atoms with van der Waals surface area (Å²) in [5.74, 6) is 0. The van der Waals surface area contributed by atoms with Crippen molar-refractivity contribution in [3.63, 3.8) is 0 Å². The zero-order valence-electron chi connectivity index (χ0n) is 11.5. The Labute approximate surface area is 121 Å². The highest BCUT2D eigenvalue weighted by Gasteiger charge is 2.14. The Morgan fingerprint density at radius 3 is 2.65 bits per heavy atom. The van der Waals surface area contributed by atoms with E-state index in [1.165, 1.54) is 6.07 Å². The van der Waals surface area contributed by atoms with Gasteiger partial charge in [-0.1, -0.05) is 11.6 Å². The number of hydrogen-bond acceptors (Lipinski definition) is 4. The van der Waals surface area contributed by atoms with E-state index in [9.17, 15) is 10.1 Å². The average Bonchev–Trinajstić information content (AvgIpc) is 2.66. The molecule has 0 aliphatic heterocycles. The summed E-state index contributed by atoms with van der Waals surface area (Å²) in [6, 6.07) is 4.72. The summed E-state index contributed by atoms with van der Waals surface area (Å²) < 4.78 is 1.75. The van der Waals surface area contributed by atoms with E-state index in [1.54, 1.807) is 23.9 Å². The maximum atomic E-state index is 10.9. The van der Waals surface area contributed by atoms with Crippen LogP contribution in [0.15, 0.2) is 18.2 Å². The van der Waals surface area contributed by atoms with Crippen LogP contribution < -0.4 is 5.32 Å². The highest BCUT2D eigenvalue weighted by atomic mass is 35.5. The molecule has 0 spiro atoms. The molecule has 2 aromatic rings. The summed E-state index contributed by atoms with van der Waals surface area (Å²) in [5, 5.41) is 18.9. The lowest BCUT2D eigenvalue weighted by molar-refractivity contribution is -0.384. The third kappa shape index (κ3) is 2.60. The van der Waals surface area contributed by atoms with Crippen LogP contribution >= 0.6 is 11.6 Å². The average molecular weight is 295 g/mol. The van der Waals surface area contributed by atoms with Crippen molar-refractivity contribution in [1.29, 1.82) is 0 Å². The first-order valence-electron chi connectivity index (χ1n) is 6.08. The molecular weight excluding hydrogens is 280 g/mol. The summed E-state index contributed by atoms with van der Waals surface area (Å²) >= 11 is 6.11. The van der Waals surface area contributed by atoms with Gasteiger partial charge >= 0.3 is 0 Å². The van der Waals surface area contributed by atoms with Gasteiger partial charge in [0.05, 0.1) is 27.9 Å². The minimum Gasteiger partial charge on any atom is -0.388 e. The van der Waals surface area contributed by atoms with E-state index < -0.39 is 4.92 Å². The van der Waals surface area contributed by atoms with Gasteiger partial charge in [-0.15, -0.1) is 0 Å². The number of rotatable bonds is 4. The number of nitrogens with one attached hydrogen (secondary N) is 1. The Kier molecular flexibility index (Phi) is 3.94. The summed E-state index contributed by atoms with van der Waals surface area (Å²) in [7, 11) is 1.78. The molecule has 106 valence electrons. The van der Waals surface area contributed by atoms with Gasteiger partial charge in [0, 0.05) is 30.4 Å². The molecule has 0 amide bonds. The highest BCUT2D eigenvalue weighted by molar-refractivity contribution is 6.31. The van der Waals surface area contributed by atoms with Crippen molar-refractivity contribution >= 4 is 23.0 Å². The molecule has 0 bridgehead atoms. The Morgan fingerprint density at radius 2 is 2.15 bits per heavy atom. The molecule has 1 aromatic heterocycles. The Hall–Kier alpha value is -2.08. The highest BCUT2D eigenvalue weighted by Crippen LogP contribution is 2.25. The first kappa shape index (κ1) is 14.3. The first-order valence-corrected chi connectivity index (χ1v) is 6.46. The van der Waals surface area contributed by atoms with E-state index in [2.05, 4.69) is 10.4 Å². The zero-order valence-corrected chi connectivity index (χ0v) is 12.2. The monoisotopic (exact) mass is 294 g/mol. The standard InChI is InChI=1S/C13H15ClN4O2/c1-8-13(14)9(2)17(16-8)7-10-6-11(18(19)20)4-5-12(10)15-3/h4-6,15H,7H2,1-3H3. The van der Waals surface area contributed by atoms with Gasteiger partial charge in [0.25, 0.3) is 5.69 Å². The van der Waals surface area contributed by atoms with Gasteiger partial charge in [0.1, 0.15) is 0 Å². The van der Waals surface area contributed by atoms with Gasteiger partial charge in [-0.25, -0.2) is 0 Å². The van der Waals surface area contributed by atoms with Gasteiger partial charge in [-0.2, -0.15) is 5.10 Å². The number of hydrogen-bond donors (Lipinski definition) is 1. The van der Waals surface area contributed by atoms with Crippen LogP contribution in [0.25, 0.3) is 0 Å². The number of aromatic nitrogens is 2. The van der Waals surface area contributed by atoms with Crippen molar-refractivity contribution in [3.05, 3.63) is 50.3 Å². The second-order valence-corrected chi connectivity index (χ2v) is 4.87. The molecule has 7 heteroatoms. The Morgan fingerprint density at radius 1 is 1.45 bits per heavy atom. The summed E-state index contributed by atoms with van der Waals surface area (Å²) in [6.07, 6.45) is 0. The molecule has 0 aliphatic rings. The molecule has 6 nitrogen and oxygen atoms in total. The Bertz CT molecular complexity index is 667. The molecule has 2 rings (SSSR count). The number of anilines is 1. The molecule has 0 radical (unpaired) electrons. The maximum Gasteiger partial charge on any atom is 0.269 e. The van der Waals surface area contributed by atoms with E-state index in [4.69, 9.17) is 11.6 Å². The fourth-order valence-electron chi connectivity index (χ4n) is 2.06. The van der Waals surface area contributed by atoms with Gasteiger partial charge in [0.15, 0.2) is 0 Å². The topological polar surface area (TPSA) is 73.0 Å². The fraction of sp³-hybridized carbons (Fsp3) is 0.308. The predicted molar refractivity (Wildman–Crippen MR) is 78.5 cm³/mol. The van der Waals surface area contributed by atoms with Crippen LogP contribution in [0.1, 0.15) is 17.0 Å². The molecule has 0 unspecified atom stereocenters. The fourth-order valence-corrected chi connectivity index (χ4v) is 2.19. The minimum absolute atomic E-state index is 0.0617. The minimum atomic E-state index is -0.406. The summed E-state index contributed by atoms with van der Waals surface area (Å²) in [5.41, 5.74) is 3.29. The van der Waals surface area contributed by atoms with Gasteiger partial charge in [-0.05, 0) is 19.9 Å². The van der Waals surface area contributed by atoms with Crippen LogP contribution in [0.5, 0.6) is 0 Å². The van der Waals surface area contributed by atoms with Crippen LogP contribution in [0.2, 0.25) is 5.02 Å². The van der Waals surface area contributed by atoms with Crippen LogP contribution in [-0.2, 0) is 6.54 Å². The van der Waals surface area contributed by atoms with E-state index in [0.29, 0.717) is 11.6 Å². The quantitative estimate of drug-likeness (QED) is 0.694. The maximum absolute atomic E-state index is 10.9. The number of benzene rings is 1. The third-order valence-corrected chi connectivity index (χ3v) is 3.73. The van der Waals surface area contributed by atoms with Gasteiger partial charge < -0.3 is 5.32 Å². The third-order valence-electron chi connectivity index (χ3n) is 3.18. The van der Waals surface area contributed by atoms with E-state index >= 15 is 0 Å². The van der Waals surface area contributed by atoms with Crippen molar-refractivity contribution in [1.82, 2.24) is 9.78 Å². The molecule has 0 saturated carbocycles. The number of nitro groups is 1. The van der Waals surface area contributed by atoms with Crippen LogP contribution in [0.3, 0.4) is 0 Å². The molecule has 0 fully saturated rings. The van der Waals surface area contributed by atoms with E-state index in [-0.39, 0.29) is 5.69 Å². The van der Waals surface area contributed by atoms with Crippen molar-refractivity contribution in [2.24, 2.45) is 0 Å². The lowest BCUT2D eigenvalue weighted by Crippen LogP contribution is -2.07. The molecule has 1 N–H and O–H groups in total. The van der Waals surface area contributed by atoms with Crippen molar-refractivity contribution < 1.29 is 4.92 Å². The molecule has 0 aliphatic carbocycles. The Balaban J connectivity index is 2.43. The van der Waals surface area contributed by atoms with Gasteiger partial charge in [0.2, 0.25) is 0 Å². The SMILES string of the molecule is CNc1ccc([N+](=O)[O-])cc1Cn1nc(C)c(Cl)c1C. The molecule has 1 aromatic carbocycles. The normalized spacial score (nSPS) is 10.6. The molecular formula is C13H15ClN4O2. The molecule has 0 saturated heterocycles. The molecule has 0 atom stereocenters. The van der Waals surface area contributed by atoms with E-state index in [1.807, 2.05) is 13.8 Å². The number of nitrogens with zero attached hydrogens (tertiary/aromatic N) is 3. The molecule has 20 heavy (non-hydrogen) atoms. The number of non-ortho nitro benzene ring substituents is 1. The lowest BCUT2D eigenvalue weighted by atomic mass is 10.1.